The van der Waals surface area contributed by atoms with Crippen LogP contribution in [0.5, 0.6) is 0 Å². The highest BCUT2D eigenvalue weighted by molar-refractivity contribution is 6.30. The van der Waals surface area contributed by atoms with E-state index in [0.717, 1.165) is 44.2 Å². The van der Waals surface area contributed by atoms with Crippen molar-refractivity contribution in [1.29, 1.82) is 0 Å². The Hall–Kier alpha value is -1.43. The van der Waals surface area contributed by atoms with Crippen LogP contribution in [0, 0.1) is 0 Å². The predicted molar refractivity (Wildman–Crippen MR) is 142 cm³/mol. The minimum Gasteiger partial charge on any atom is -0.330 e. The van der Waals surface area contributed by atoms with Gasteiger partial charge < -0.3 is 15.5 Å². The third kappa shape index (κ3) is 9.03. The Bertz CT molecular complexity index is 823. The van der Waals surface area contributed by atoms with Gasteiger partial charge in [-0.3, -0.25) is 4.90 Å². The summed E-state index contributed by atoms with van der Waals surface area (Å²) in [6.45, 7) is 17.6. The number of nitrogens with two attached hydrogens (primary N) is 1. The molecule has 4 nitrogen and oxygen atoms in total. The van der Waals surface area contributed by atoms with Crippen molar-refractivity contribution in [2.24, 2.45) is 5.73 Å². The largest absolute Gasteiger partial charge is 0.330 e. The van der Waals surface area contributed by atoms with Crippen LogP contribution < -0.4 is 5.73 Å². The molecule has 0 atom stereocenters. The maximum atomic E-state index is 6.26. The number of piperazine rings is 1. The molecule has 0 spiro atoms. The van der Waals surface area contributed by atoms with Crippen LogP contribution in [0.1, 0.15) is 50.3 Å². The van der Waals surface area contributed by atoms with Gasteiger partial charge in [0.1, 0.15) is 0 Å². The molecule has 2 aromatic carbocycles. The lowest BCUT2D eigenvalue weighted by molar-refractivity contribution is 0.125. The van der Waals surface area contributed by atoms with E-state index in [4.69, 9.17) is 17.3 Å². The molecule has 0 radical (unpaired) electrons. The molecular weight excluding hydrogens is 428 g/mol. The van der Waals surface area contributed by atoms with E-state index in [0.29, 0.717) is 0 Å². The Morgan fingerprint density at radius 2 is 1.45 bits per heavy atom. The third-order valence-electron chi connectivity index (χ3n) is 6.61. The highest BCUT2D eigenvalue weighted by Gasteiger charge is 2.17. The molecule has 3 rings (SSSR count). The van der Waals surface area contributed by atoms with Crippen LogP contribution in [0.3, 0.4) is 0 Å². The molecule has 1 saturated heterocycles. The zero-order chi connectivity index (χ0) is 23.7. The molecule has 1 aliphatic heterocycles. The normalized spacial score (nSPS) is 15.9. The fourth-order valence-electron chi connectivity index (χ4n) is 4.55. The lowest BCUT2D eigenvalue weighted by Crippen LogP contribution is -2.47. The highest BCUT2D eigenvalue weighted by atomic mass is 35.5. The minimum absolute atomic E-state index is 0.188. The number of rotatable bonds is 11. The van der Waals surface area contributed by atoms with E-state index in [9.17, 15) is 0 Å². The molecule has 2 N–H and O–H groups in total. The fraction of sp³-hybridized carbons (Fsp3) is 0.571. The number of nitrogens with zero attached hydrogens (tertiary/aromatic N) is 3. The van der Waals surface area contributed by atoms with Crippen molar-refractivity contribution in [2.75, 3.05) is 52.4 Å². The Balaban J connectivity index is 1.55. The van der Waals surface area contributed by atoms with Crippen LogP contribution in [0.25, 0.3) is 0 Å². The summed E-state index contributed by atoms with van der Waals surface area (Å²) in [5.41, 5.74) is 9.89. The van der Waals surface area contributed by atoms with Crippen molar-refractivity contribution in [1.82, 2.24) is 14.7 Å². The van der Waals surface area contributed by atoms with E-state index in [1.807, 2.05) is 6.07 Å². The monoisotopic (exact) mass is 470 g/mol. The summed E-state index contributed by atoms with van der Waals surface area (Å²) in [4.78, 5) is 7.74. The number of hydrogen-bond acceptors (Lipinski definition) is 4. The van der Waals surface area contributed by atoms with Gasteiger partial charge in [0.05, 0.1) is 0 Å². The van der Waals surface area contributed by atoms with Gasteiger partial charge in [0.25, 0.3) is 0 Å². The van der Waals surface area contributed by atoms with Gasteiger partial charge in [0.15, 0.2) is 0 Å². The lowest BCUT2D eigenvalue weighted by Gasteiger charge is -2.35. The van der Waals surface area contributed by atoms with Crippen LogP contribution in [0.2, 0.25) is 5.02 Å². The topological polar surface area (TPSA) is 35.7 Å². The van der Waals surface area contributed by atoms with Gasteiger partial charge in [-0.2, -0.15) is 0 Å². The van der Waals surface area contributed by atoms with Crippen molar-refractivity contribution in [3.63, 3.8) is 0 Å². The Labute approximate surface area is 206 Å². The molecule has 1 aliphatic rings. The molecule has 0 saturated carbocycles. The molecule has 0 aromatic heterocycles. The van der Waals surface area contributed by atoms with E-state index in [-0.39, 0.29) is 5.41 Å². The second kappa shape index (κ2) is 12.9. The smallest absolute Gasteiger partial charge is 0.0409 e. The summed E-state index contributed by atoms with van der Waals surface area (Å²) in [6.07, 6.45) is 2.29. The first-order valence-electron chi connectivity index (χ1n) is 12.5. The maximum absolute atomic E-state index is 6.26. The average molecular weight is 471 g/mol. The SMILES string of the molecule is CC(C)(C)c1ccc(CN(CCCN2CCN(CCCN)CC2)Cc2cccc(Cl)c2)cc1. The molecule has 5 heteroatoms. The molecule has 0 aliphatic carbocycles. The predicted octanol–water partition coefficient (Wildman–Crippen LogP) is 5.00. The van der Waals surface area contributed by atoms with Crippen LogP contribution in [-0.4, -0.2) is 67.1 Å². The van der Waals surface area contributed by atoms with E-state index in [2.05, 4.69) is 77.9 Å². The number of halogens is 1. The van der Waals surface area contributed by atoms with Crippen LogP contribution >= 0.6 is 11.6 Å². The van der Waals surface area contributed by atoms with Gasteiger partial charge in [-0.1, -0.05) is 68.8 Å². The first-order valence-corrected chi connectivity index (χ1v) is 12.9. The van der Waals surface area contributed by atoms with Crippen molar-refractivity contribution in [3.8, 4) is 0 Å². The molecule has 1 fully saturated rings. The maximum Gasteiger partial charge on any atom is 0.0409 e. The van der Waals surface area contributed by atoms with Crippen molar-refractivity contribution < 1.29 is 0 Å². The fourth-order valence-corrected chi connectivity index (χ4v) is 4.76. The molecule has 0 unspecified atom stereocenters. The molecule has 1 heterocycles. The Morgan fingerprint density at radius 1 is 0.848 bits per heavy atom. The second-order valence-corrected chi connectivity index (χ2v) is 10.9. The number of hydrogen-bond donors (Lipinski definition) is 1. The molecule has 0 amide bonds. The zero-order valence-electron chi connectivity index (χ0n) is 20.9. The van der Waals surface area contributed by atoms with Crippen LogP contribution in [-0.2, 0) is 18.5 Å². The Morgan fingerprint density at radius 3 is 2.03 bits per heavy atom. The van der Waals surface area contributed by atoms with Gasteiger partial charge in [0, 0.05) is 50.8 Å². The molecular formula is C28H43ClN4. The van der Waals surface area contributed by atoms with E-state index < -0.39 is 0 Å². The molecule has 0 bridgehead atoms. The van der Waals surface area contributed by atoms with Gasteiger partial charge in [-0.25, -0.2) is 0 Å². The van der Waals surface area contributed by atoms with E-state index in [1.54, 1.807) is 0 Å². The summed E-state index contributed by atoms with van der Waals surface area (Å²) in [6, 6.07) is 17.5. The van der Waals surface area contributed by atoms with Crippen molar-refractivity contribution >= 4 is 11.6 Å². The standard InChI is InChI=1S/C28H43ClN4/c1-28(2,3)26-11-9-24(10-12-26)22-33(23-25-7-4-8-27(29)21-25)16-6-15-32-19-17-31(18-20-32)14-5-13-30/h4,7-12,21H,5-6,13-20,22-23,30H2,1-3H3. The zero-order valence-corrected chi connectivity index (χ0v) is 21.7. The van der Waals surface area contributed by atoms with Gasteiger partial charge in [-0.15, -0.1) is 0 Å². The molecule has 33 heavy (non-hydrogen) atoms. The lowest BCUT2D eigenvalue weighted by atomic mass is 9.87. The van der Waals surface area contributed by atoms with Crippen LogP contribution in [0.15, 0.2) is 48.5 Å². The average Bonchev–Trinajstić information content (AvgIpc) is 2.78. The number of benzene rings is 2. The summed E-state index contributed by atoms with van der Waals surface area (Å²) in [5.74, 6) is 0. The van der Waals surface area contributed by atoms with Crippen LogP contribution in [0.4, 0.5) is 0 Å². The second-order valence-electron chi connectivity index (χ2n) is 10.5. The quantitative estimate of drug-likeness (QED) is 0.501. The van der Waals surface area contributed by atoms with Gasteiger partial charge in [0.2, 0.25) is 0 Å². The van der Waals surface area contributed by atoms with Crippen molar-refractivity contribution in [2.45, 2.75) is 52.1 Å². The van der Waals surface area contributed by atoms with E-state index >= 15 is 0 Å². The minimum atomic E-state index is 0.188. The van der Waals surface area contributed by atoms with Gasteiger partial charge in [-0.05, 0) is 66.7 Å². The summed E-state index contributed by atoms with van der Waals surface area (Å²) in [7, 11) is 0. The summed E-state index contributed by atoms with van der Waals surface area (Å²) < 4.78 is 0. The van der Waals surface area contributed by atoms with E-state index in [1.165, 1.54) is 55.8 Å². The molecule has 2 aromatic rings. The van der Waals surface area contributed by atoms with Crippen molar-refractivity contribution in [3.05, 3.63) is 70.2 Å². The summed E-state index contributed by atoms with van der Waals surface area (Å²) in [5, 5.41) is 0.814. The van der Waals surface area contributed by atoms with Gasteiger partial charge >= 0.3 is 0 Å². The molecule has 182 valence electrons. The Kier molecular flexibility index (Phi) is 10.2. The third-order valence-corrected chi connectivity index (χ3v) is 6.85. The first-order chi connectivity index (χ1) is 15.8. The first kappa shape index (κ1) is 26.2. The highest BCUT2D eigenvalue weighted by Crippen LogP contribution is 2.23. The summed E-state index contributed by atoms with van der Waals surface area (Å²) >= 11 is 6.26.